The summed E-state index contributed by atoms with van der Waals surface area (Å²) < 4.78 is 12.4. The molecule has 1 aliphatic carbocycles. The maximum atomic E-state index is 13.1. The minimum absolute atomic E-state index is 0.181. The molecule has 4 aromatic rings. The van der Waals surface area contributed by atoms with Gasteiger partial charge in [-0.25, -0.2) is 0 Å². The number of amides is 1. The Morgan fingerprint density at radius 1 is 0.919 bits per heavy atom. The molecule has 1 heterocycles. The largest absolute Gasteiger partial charge is 0.376 e. The Morgan fingerprint density at radius 3 is 2.16 bits per heavy atom. The number of aromatic amines is 1. The molecule has 2 atom stereocenters. The van der Waals surface area contributed by atoms with Crippen molar-refractivity contribution in [2.24, 2.45) is 11.1 Å². The minimum atomic E-state index is -0.297. The van der Waals surface area contributed by atoms with E-state index in [0.29, 0.717) is 50.0 Å². The fraction of sp³-hybridized carbons (Fsp3) is 0.300. The summed E-state index contributed by atoms with van der Waals surface area (Å²) in [4.78, 5) is 16.3. The molecule has 0 bridgehead atoms. The van der Waals surface area contributed by atoms with E-state index in [4.69, 9.17) is 26.8 Å². The Morgan fingerprint density at radius 2 is 1.54 bits per heavy atom. The monoisotopic (exact) mass is 517 g/mol. The van der Waals surface area contributed by atoms with Crippen molar-refractivity contribution in [3.63, 3.8) is 0 Å². The van der Waals surface area contributed by atoms with E-state index in [2.05, 4.69) is 34.6 Å². The van der Waals surface area contributed by atoms with Crippen LogP contribution in [0.5, 0.6) is 0 Å². The lowest BCUT2D eigenvalue weighted by atomic mass is 9.87. The van der Waals surface area contributed by atoms with Crippen LogP contribution < -0.4 is 11.1 Å². The van der Waals surface area contributed by atoms with Crippen LogP contribution in [-0.4, -0.2) is 36.2 Å². The molecule has 1 fully saturated rings. The van der Waals surface area contributed by atoms with E-state index in [9.17, 15) is 4.79 Å². The quantitative estimate of drug-likeness (QED) is 0.260. The molecular formula is C30H32ClN3O3. The number of H-pyrrole nitrogens is 1. The molecule has 7 heteroatoms. The van der Waals surface area contributed by atoms with E-state index in [0.717, 1.165) is 22.0 Å². The first kappa shape index (κ1) is 25.5. The number of fused-ring (bicyclic) bond motifs is 1. The topological polar surface area (TPSA) is 89.4 Å². The molecule has 0 aliphatic heterocycles. The molecule has 192 valence electrons. The van der Waals surface area contributed by atoms with Crippen LogP contribution in [0.4, 0.5) is 0 Å². The van der Waals surface area contributed by atoms with Gasteiger partial charge in [0.05, 0.1) is 26.4 Å². The molecule has 1 amide bonds. The van der Waals surface area contributed by atoms with Crippen molar-refractivity contribution in [1.29, 1.82) is 0 Å². The lowest BCUT2D eigenvalue weighted by Gasteiger charge is -2.29. The third kappa shape index (κ3) is 6.40. The number of halogens is 1. The van der Waals surface area contributed by atoms with Crippen molar-refractivity contribution in [3.8, 4) is 0 Å². The van der Waals surface area contributed by atoms with E-state index < -0.39 is 0 Å². The summed E-state index contributed by atoms with van der Waals surface area (Å²) in [5.74, 6) is -0.181. The van der Waals surface area contributed by atoms with Crippen LogP contribution in [0.3, 0.4) is 0 Å². The number of aromatic nitrogens is 1. The Kier molecular flexibility index (Phi) is 7.91. The highest BCUT2D eigenvalue weighted by Crippen LogP contribution is 2.39. The summed E-state index contributed by atoms with van der Waals surface area (Å²) in [5.41, 5.74) is 9.88. The van der Waals surface area contributed by atoms with Gasteiger partial charge < -0.3 is 25.5 Å². The number of benzene rings is 3. The average molecular weight is 518 g/mol. The zero-order valence-electron chi connectivity index (χ0n) is 20.7. The molecule has 1 saturated carbocycles. The zero-order chi connectivity index (χ0) is 25.7. The minimum Gasteiger partial charge on any atom is -0.376 e. The maximum Gasteiger partial charge on any atom is 0.268 e. The van der Waals surface area contributed by atoms with Crippen LogP contribution in [0, 0.1) is 5.41 Å². The van der Waals surface area contributed by atoms with Gasteiger partial charge >= 0.3 is 0 Å². The predicted octanol–water partition coefficient (Wildman–Crippen LogP) is 5.46. The van der Waals surface area contributed by atoms with Gasteiger partial charge in [0, 0.05) is 33.4 Å². The first-order valence-corrected chi connectivity index (χ1v) is 13.0. The van der Waals surface area contributed by atoms with Crippen LogP contribution in [0.15, 0.2) is 84.9 Å². The Labute approximate surface area is 222 Å². The van der Waals surface area contributed by atoms with Crippen molar-refractivity contribution < 1.29 is 14.3 Å². The second kappa shape index (κ2) is 11.5. The summed E-state index contributed by atoms with van der Waals surface area (Å²) in [6.45, 7) is 2.04. The third-order valence-corrected chi connectivity index (χ3v) is 7.26. The third-order valence-electron chi connectivity index (χ3n) is 7.02. The highest BCUT2D eigenvalue weighted by Gasteiger charge is 2.45. The van der Waals surface area contributed by atoms with E-state index in [-0.39, 0.29) is 23.4 Å². The smallest absolute Gasteiger partial charge is 0.268 e. The van der Waals surface area contributed by atoms with E-state index in [1.807, 2.05) is 54.6 Å². The van der Waals surface area contributed by atoms with E-state index in [1.165, 1.54) is 0 Å². The van der Waals surface area contributed by atoms with Crippen molar-refractivity contribution in [1.82, 2.24) is 10.3 Å². The normalized spacial score (nSPS) is 18.8. The number of hydrogen-bond donors (Lipinski definition) is 3. The number of nitrogens with two attached hydrogens (primary N) is 1. The van der Waals surface area contributed by atoms with E-state index >= 15 is 0 Å². The summed E-state index contributed by atoms with van der Waals surface area (Å²) in [6.07, 6.45) is 1.37. The number of ether oxygens (including phenoxy) is 2. The van der Waals surface area contributed by atoms with Crippen molar-refractivity contribution in [3.05, 3.63) is 107 Å². The highest BCUT2D eigenvalue weighted by atomic mass is 35.5. The first-order valence-electron chi connectivity index (χ1n) is 12.6. The standard InChI is InChI=1S/C30H32ClN3O3/c31-24-11-12-26-23(13-24)14-27(33-26)29(35)34-28-16-30(15-25(28)32,19-36-17-21-7-3-1-4-8-21)20-37-18-22-9-5-2-6-10-22/h1-14,25,28,33H,15-20,32H2,(H,34,35)/t25-,28-/m0/s1. The molecule has 0 saturated heterocycles. The molecule has 4 N–H and O–H groups in total. The lowest BCUT2D eigenvalue weighted by Crippen LogP contribution is -2.44. The Bertz CT molecular complexity index is 1280. The van der Waals surface area contributed by atoms with Crippen molar-refractivity contribution in [2.75, 3.05) is 13.2 Å². The van der Waals surface area contributed by atoms with Gasteiger partial charge in [-0.1, -0.05) is 72.3 Å². The molecule has 5 rings (SSSR count). The van der Waals surface area contributed by atoms with Crippen LogP contribution in [0.25, 0.3) is 10.9 Å². The van der Waals surface area contributed by atoms with Crippen LogP contribution in [0.2, 0.25) is 5.02 Å². The van der Waals surface area contributed by atoms with Gasteiger partial charge in [-0.15, -0.1) is 0 Å². The second-order valence-electron chi connectivity index (χ2n) is 10.0. The second-order valence-corrected chi connectivity index (χ2v) is 10.5. The van der Waals surface area contributed by atoms with Gasteiger partial charge in [0.1, 0.15) is 5.69 Å². The van der Waals surface area contributed by atoms with Gasteiger partial charge in [0.2, 0.25) is 0 Å². The van der Waals surface area contributed by atoms with Gasteiger partial charge in [-0.3, -0.25) is 4.79 Å². The van der Waals surface area contributed by atoms with Crippen LogP contribution in [0.1, 0.15) is 34.5 Å². The van der Waals surface area contributed by atoms with Gasteiger partial charge in [-0.2, -0.15) is 0 Å². The molecule has 1 aromatic heterocycles. The van der Waals surface area contributed by atoms with Gasteiger partial charge in [-0.05, 0) is 48.2 Å². The van der Waals surface area contributed by atoms with E-state index in [1.54, 1.807) is 6.07 Å². The summed E-state index contributed by atoms with van der Waals surface area (Å²) in [5, 5.41) is 4.68. The van der Waals surface area contributed by atoms with Crippen LogP contribution in [-0.2, 0) is 22.7 Å². The van der Waals surface area contributed by atoms with Crippen molar-refractivity contribution >= 4 is 28.4 Å². The molecule has 3 aromatic carbocycles. The zero-order valence-corrected chi connectivity index (χ0v) is 21.4. The summed E-state index contributed by atoms with van der Waals surface area (Å²) in [6, 6.07) is 27.1. The predicted molar refractivity (Wildman–Crippen MR) is 146 cm³/mol. The number of nitrogens with one attached hydrogen (secondary N) is 2. The number of carbonyl (C=O) groups excluding carboxylic acids is 1. The molecule has 37 heavy (non-hydrogen) atoms. The summed E-state index contributed by atoms with van der Waals surface area (Å²) in [7, 11) is 0. The number of hydrogen-bond acceptors (Lipinski definition) is 4. The molecule has 0 unspecified atom stereocenters. The number of carbonyl (C=O) groups is 1. The Hall–Kier alpha value is -3.16. The highest BCUT2D eigenvalue weighted by molar-refractivity contribution is 6.31. The molecular weight excluding hydrogens is 486 g/mol. The molecule has 1 aliphatic rings. The Balaban J connectivity index is 1.26. The van der Waals surface area contributed by atoms with Crippen molar-refractivity contribution in [2.45, 2.75) is 38.1 Å². The molecule has 6 nitrogen and oxygen atoms in total. The summed E-state index contributed by atoms with van der Waals surface area (Å²) >= 11 is 6.10. The van der Waals surface area contributed by atoms with Gasteiger partial charge in [0.15, 0.2) is 0 Å². The maximum absolute atomic E-state index is 13.1. The number of rotatable bonds is 10. The fourth-order valence-corrected chi connectivity index (χ4v) is 5.35. The van der Waals surface area contributed by atoms with Gasteiger partial charge in [0.25, 0.3) is 5.91 Å². The first-order chi connectivity index (χ1) is 18.0. The average Bonchev–Trinajstić information content (AvgIpc) is 3.46. The van der Waals surface area contributed by atoms with Crippen LogP contribution >= 0.6 is 11.6 Å². The molecule has 0 spiro atoms. The fourth-order valence-electron chi connectivity index (χ4n) is 5.17. The molecule has 0 radical (unpaired) electrons. The lowest BCUT2D eigenvalue weighted by molar-refractivity contribution is -0.0312. The SMILES string of the molecule is N[C@H]1CC(COCc2ccccc2)(COCc2ccccc2)C[C@@H]1NC(=O)c1cc2cc(Cl)ccc2[nH]1.